The van der Waals surface area contributed by atoms with Gasteiger partial charge in [-0.3, -0.25) is 0 Å². The molecule has 0 aromatic rings. The number of unbranched alkanes of at least 4 members (excludes halogenated alkanes) is 16. The van der Waals surface area contributed by atoms with Crippen LogP contribution < -0.4 is 0 Å². The maximum absolute atomic E-state index is 11.6. The van der Waals surface area contributed by atoms with Crippen molar-refractivity contribution in [1.29, 1.82) is 0 Å². The fourth-order valence-corrected chi connectivity index (χ4v) is 6.40. The third-order valence-electron chi connectivity index (χ3n) is 9.03. The molecule has 1 saturated heterocycles. The van der Waals surface area contributed by atoms with E-state index in [1.54, 1.807) is 0 Å². The maximum Gasteiger partial charge on any atom is 0.334 e. The summed E-state index contributed by atoms with van der Waals surface area (Å²) in [5, 5.41) is 31.4. The van der Waals surface area contributed by atoms with Gasteiger partial charge in [0.15, 0.2) is 0 Å². The Balaban J connectivity index is 1.37. The van der Waals surface area contributed by atoms with Crippen LogP contribution >= 0.6 is 0 Å². The highest BCUT2D eigenvalue weighted by Crippen LogP contribution is 2.28. The van der Waals surface area contributed by atoms with Crippen LogP contribution in [0.5, 0.6) is 0 Å². The van der Waals surface area contributed by atoms with Crippen molar-refractivity contribution in [3.8, 4) is 0 Å². The smallest absolute Gasteiger partial charge is 0.334 e. The Hall–Kier alpha value is -0.950. The first-order valence-electron chi connectivity index (χ1n) is 17.5. The summed E-state index contributed by atoms with van der Waals surface area (Å²) in [4.78, 5) is 11.6. The fraction of sp³-hybridized carbons (Fsp3) is 0.914. The van der Waals surface area contributed by atoms with Gasteiger partial charge in [-0.2, -0.15) is 0 Å². The average molecular weight is 581 g/mol. The minimum Gasteiger partial charge on any atom is -0.455 e. The molecule has 2 aliphatic rings. The van der Waals surface area contributed by atoms with Gasteiger partial charge < -0.3 is 24.8 Å². The molecule has 0 saturated carbocycles. The number of aliphatic hydroxyl groups excluding tert-OH is 3. The van der Waals surface area contributed by atoms with Crippen LogP contribution in [0.2, 0.25) is 0 Å². The van der Waals surface area contributed by atoms with E-state index in [-0.39, 0.29) is 24.3 Å². The molecule has 6 atom stereocenters. The van der Waals surface area contributed by atoms with Gasteiger partial charge in [0.25, 0.3) is 0 Å². The standard InChI is InChI=1S/C35H64O6/c1-3-4-5-6-7-8-9-13-16-19-22-31(37)33-24-25-34(41-33)32(38)23-20-17-14-11-10-12-15-18-21-30(36)27-29-26-28(2)40-35(29)39/h26,28,30-34,36-38H,3-25,27H2,1-2H3/t28-,30+,31?,32?,33+,34+/m0/s1. The summed E-state index contributed by atoms with van der Waals surface area (Å²) < 4.78 is 11.2. The molecule has 0 bridgehead atoms. The molecule has 0 aromatic carbocycles. The summed E-state index contributed by atoms with van der Waals surface area (Å²) in [6.45, 7) is 4.10. The molecule has 2 rings (SSSR count). The minimum absolute atomic E-state index is 0.102. The summed E-state index contributed by atoms with van der Waals surface area (Å²) in [5.41, 5.74) is 0.617. The van der Waals surface area contributed by atoms with E-state index < -0.39 is 18.3 Å². The van der Waals surface area contributed by atoms with Crippen LogP contribution in [0.15, 0.2) is 11.6 Å². The molecule has 240 valence electrons. The van der Waals surface area contributed by atoms with Crippen molar-refractivity contribution in [2.45, 2.75) is 205 Å². The third kappa shape index (κ3) is 16.5. The number of carbonyl (C=O) groups excluding carboxylic acids is 1. The second kappa shape index (κ2) is 22.6. The summed E-state index contributed by atoms with van der Waals surface area (Å²) in [6.07, 6.45) is 26.7. The lowest BCUT2D eigenvalue weighted by Crippen LogP contribution is -2.31. The van der Waals surface area contributed by atoms with Gasteiger partial charge in [-0.05, 0) is 45.1 Å². The molecule has 1 fully saturated rings. The van der Waals surface area contributed by atoms with Gasteiger partial charge in [0, 0.05) is 12.0 Å². The average Bonchev–Trinajstić information content (AvgIpc) is 3.57. The lowest BCUT2D eigenvalue weighted by molar-refractivity contribution is -0.139. The van der Waals surface area contributed by atoms with Crippen LogP contribution in [0.1, 0.15) is 168 Å². The first kappa shape index (κ1) is 36.2. The number of carbonyl (C=O) groups is 1. The Labute approximate surface area is 251 Å². The predicted octanol–water partition coefficient (Wildman–Crippen LogP) is 8.09. The van der Waals surface area contributed by atoms with E-state index >= 15 is 0 Å². The van der Waals surface area contributed by atoms with Crippen LogP contribution in [0.25, 0.3) is 0 Å². The van der Waals surface area contributed by atoms with E-state index in [9.17, 15) is 20.1 Å². The first-order valence-corrected chi connectivity index (χ1v) is 17.5. The van der Waals surface area contributed by atoms with Crippen molar-refractivity contribution in [1.82, 2.24) is 0 Å². The Morgan fingerprint density at radius 2 is 1.10 bits per heavy atom. The van der Waals surface area contributed by atoms with Crippen molar-refractivity contribution >= 4 is 5.97 Å². The highest BCUT2D eigenvalue weighted by atomic mass is 16.5. The van der Waals surface area contributed by atoms with Gasteiger partial charge in [-0.25, -0.2) is 4.79 Å². The van der Waals surface area contributed by atoms with E-state index in [0.29, 0.717) is 12.0 Å². The molecule has 0 aromatic heterocycles. The third-order valence-corrected chi connectivity index (χ3v) is 9.03. The highest BCUT2D eigenvalue weighted by Gasteiger charge is 2.34. The van der Waals surface area contributed by atoms with Gasteiger partial charge in [0.1, 0.15) is 6.10 Å². The number of cyclic esters (lactones) is 1. The van der Waals surface area contributed by atoms with Gasteiger partial charge in [0.2, 0.25) is 0 Å². The zero-order valence-electron chi connectivity index (χ0n) is 26.6. The fourth-order valence-electron chi connectivity index (χ4n) is 6.40. The monoisotopic (exact) mass is 580 g/mol. The number of hydrogen-bond acceptors (Lipinski definition) is 6. The molecule has 0 amide bonds. The van der Waals surface area contributed by atoms with Crippen molar-refractivity contribution in [2.75, 3.05) is 0 Å². The molecule has 0 radical (unpaired) electrons. The van der Waals surface area contributed by atoms with Crippen LogP contribution in [0.4, 0.5) is 0 Å². The quantitative estimate of drug-likeness (QED) is 0.0707. The summed E-state index contributed by atoms with van der Waals surface area (Å²) in [6, 6.07) is 0. The zero-order valence-corrected chi connectivity index (χ0v) is 26.6. The van der Waals surface area contributed by atoms with Crippen molar-refractivity contribution < 1.29 is 29.6 Å². The summed E-state index contributed by atoms with van der Waals surface area (Å²) in [7, 11) is 0. The zero-order chi connectivity index (χ0) is 29.7. The van der Waals surface area contributed by atoms with E-state index in [4.69, 9.17) is 9.47 Å². The lowest BCUT2D eigenvalue weighted by atomic mass is 9.99. The van der Waals surface area contributed by atoms with Gasteiger partial charge >= 0.3 is 5.97 Å². The Morgan fingerprint density at radius 1 is 0.683 bits per heavy atom. The van der Waals surface area contributed by atoms with Gasteiger partial charge in [-0.15, -0.1) is 0 Å². The van der Waals surface area contributed by atoms with Crippen LogP contribution in [0, 0.1) is 0 Å². The largest absolute Gasteiger partial charge is 0.455 e. The van der Waals surface area contributed by atoms with Crippen LogP contribution in [-0.4, -0.2) is 57.9 Å². The van der Waals surface area contributed by atoms with Crippen molar-refractivity contribution in [3.05, 3.63) is 11.6 Å². The lowest BCUT2D eigenvalue weighted by Gasteiger charge is -2.22. The normalized spacial score (nSPS) is 23.0. The van der Waals surface area contributed by atoms with Gasteiger partial charge in [-0.1, -0.05) is 122 Å². The highest BCUT2D eigenvalue weighted by molar-refractivity contribution is 5.90. The van der Waals surface area contributed by atoms with Gasteiger partial charge in [0.05, 0.1) is 30.5 Å². The molecule has 2 unspecified atom stereocenters. The SMILES string of the molecule is CCCCCCCCCCCCC(O)[C@H]1CC[C@H](C(O)CCCCCCCCCC[C@@H](O)CC2=C[C@H](C)OC2=O)O1. The Morgan fingerprint density at radius 3 is 1.51 bits per heavy atom. The topological polar surface area (TPSA) is 96.2 Å². The van der Waals surface area contributed by atoms with Crippen molar-refractivity contribution in [3.63, 3.8) is 0 Å². The molecule has 6 heteroatoms. The van der Waals surface area contributed by atoms with Crippen molar-refractivity contribution in [2.24, 2.45) is 0 Å². The van der Waals surface area contributed by atoms with E-state index in [2.05, 4.69) is 6.92 Å². The molecule has 3 N–H and O–H groups in total. The first-order chi connectivity index (χ1) is 19.9. The van der Waals surface area contributed by atoms with Crippen LogP contribution in [-0.2, 0) is 14.3 Å². The molecule has 2 heterocycles. The van der Waals surface area contributed by atoms with E-state index in [0.717, 1.165) is 64.2 Å². The maximum atomic E-state index is 11.6. The minimum atomic E-state index is -0.461. The molecule has 2 aliphatic heterocycles. The summed E-state index contributed by atoms with van der Waals surface area (Å²) >= 11 is 0. The number of esters is 1. The van der Waals surface area contributed by atoms with Crippen LogP contribution in [0.3, 0.4) is 0 Å². The number of rotatable bonds is 26. The number of ether oxygens (including phenoxy) is 2. The molecule has 0 spiro atoms. The number of aliphatic hydroxyl groups is 3. The number of hydrogen-bond donors (Lipinski definition) is 3. The second-order valence-electron chi connectivity index (χ2n) is 13.0. The molecule has 41 heavy (non-hydrogen) atoms. The molecular weight excluding hydrogens is 516 g/mol. The Bertz CT molecular complexity index is 694. The summed E-state index contributed by atoms with van der Waals surface area (Å²) in [5.74, 6) is -0.280. The predicted molar refractivity (Wildman–Crippen MR) is 167 cm³/mol. The second-order valence-corrected chi connectivity index (χ2v) is 13.0. The molecule has 0 aliphatic carbocycles. The molecular formula is C35H64O6. The molecule has 6 nitrogen and oxygen atoms in total. The Kier molecular flexibility index (Phi) is 20.0. The van der Waals surface area contributed by atoms with E-state index in [1.807, 2.05) is 13.0 Å². The van der Waals surface area contributed by atoms with E-state index in [1.165, 1.54) is 83.5 Å².